The molecule has 0 atom stereocenters. The Hall–Kier alpha value is -4.13. The van der Waals surface area contributed by atoms with E-state index in [2.05, 4.69) is 20.2 Å². The molecule has 0 saturated heterocycles. The van der Waals surface area contributed by atoms with Crippen LogP contribution in [0.5, 0.6) is 0 Å². The van der Waals surface area contributed by atoms with Gasteiger partial charge in [0.25, 0.3) is 0 Å². The van der Waals surface area contributed by atoms with E-state index in [1.165, 1.54) is 12.1 Å². The molecule has 7 heteroatoms. The average molecular weight is 396 g/mol. The molecule has 0 unspecified atom stereocenters. The number of benzene rings is 2. The molecule has 6 nitrogen and oxygen atoms in total. The van der Waals surface area contributed by atoms with Crippen molar-refractivity contribution in [2.45, 2.75) is 6.92 Å². The van der Waals surface area contributed by atoms with Crippen molar-refractivity contribution < 1.29 is 4.39 Å². The van der Waals surface area contributed by atoms with Crippen molar-refractivity contribution >= 4 is 16.7 Å². The summed E-state index contributed by atoms with van der Waals surface area (Å²) in [6, 6.07) is 14.2. The molecule has 0 radical (unpaired) electrons. The van der Waals surface area contributed by atoms with Crippen LogP contribution in [0.1, 0.15) is 5.69 Å². The first kappa shape index (κ1) is 17.9. The highest BCUT2D eigenvalue weighted by Crippen LogP contribution is 2.37. The van der Waals surface area contributed by atoms with Gasteiger partial charge in [-0.3, -0.25) is 5.10 Å². The van der Waals surface area contributed by atoms with Crippen molar-refractivity contribution in [2.75, 3.05) is 5.73 Å². The standard InChI is InChI=1S/C23H17FN6/c1-13-18-8-15(4-7-21(18)27-12-26-13)19-9-20(16-10-28-29-11-16)23(25)30-22(19)14-2-5-17(24)6-3-14/h2-12H,1H3,(H2,25,30)(H,28,29). The summed E-state index contributed by atoms with van der Waals surface area (Å²) in [5.74, 6) is 0.0709. The molecule has 3 heterocycles. The fourth-order valence-electron chi connectivity index (χ4n) is 3.56. The summed E-state index contributed by atoms with van der Waals surface area (Å²) < 4.78 is 13.5. The van der Waals surface area contributed by atoms with Crippen LogP contribution < -0.4 is 5.73 Å². The third-order valence-electron chi connectivity index (χ3n) is 5.12. The van der Waals surface area contributed by atoms with Gasteiger partial charge in [0, 0.05) is 39.5 Å². The molecule has 0 fully saturated rings. The van der Waals surface area contributed by atoms with Crippen molar-refractivity contribution in [1.82, 2.24) is 25.1 Å². The Morgan fingerprint density at radius 2 is 1.70 bits per heavy atom. The van der Waals surface area contributed by atoms with Gasteiger partial charge in [0.05, 0.1) is 17.4 Å². The molecular formula is C23H17FN6. The molecule has 30 heavy (non-hydrogen) atoms. The Kier molecular flexibility index (Phi) is 4.21. The van der Waals surface area contributed by atoms with Crippen molar-refractivity contribution in [3.63, 3.8) is 0 Å². The maximum Gasteiger partial charge on any atom is 0.132 e. The Morgan fingerprint density at radius 1 is 0.900 bits per heavy atom. The first-order valence-corrected chi connectivity index (χ1v) is 9.37. The lowest BCUT2D eigenvalue weighted by atomic mass is 9.95. The molecule has 0 aliphatic heterocycles. The molecule has 3 N–H and O–H groups in total. The topological polar surface area (TPSA) is 93.4 Å². The van der Waals surface area contributed by atoms with Gasteiger partial charge in [-0.05, 0) is 55.0 Å². The summed E-state index contributed by atoms with van der Waals surface area (Å²) in [5.41, 5.74) is 12.9. The molecule has 2 aromatic carbocycles. The summed E-state index contributed by atoms with van der Waals surface area (Å²) >= 11 is 0. The lowest BCUT2D eigenvalue weighted by Crippen LogP contribution is -1.99. The number of fused-ring (bicyclic) bond motifs is 1. The second-order valence-corrected chi connectivity index (χ2v) is 7.00. The minimum atomic E-state index is -0.304. The number of aromatic amines is 1. The van der Waals surface area contributed by atoms with Gasteiger partial charge in [-0.25, -0.2) is 19.3 Å². The Bertz CT molecular complexity index is 1360. The maximum atomic E-state index is 13.5. The van der Waals surface area contributed by atoms with Gasteiger partial charge in [-0.2, -0.15) is 5.10 Å². The predicted octanol–water partition coefficient (Wildman–Crippen LogP) is 4.78. The van der Waals surface area contributed by atoms with Crippen LogP contribution >= 0.6 is 0 Å². The molecule has 5 rings (SSSR count). The minimum Gasteiger partial charge on any atom is -0.383 e. The molecule has 0 spiro atoms. The van der Waals surface area contributed by atoms with Crippen LogP contribution in [0.25, 0.3) is 44.4 Å². The smallest absolute Gasteiger partial charge is 0.132 e. The second-order valence-electron chi connectivity index (χ2n) is 7.00. The third-order valence-corrected chi connectivity index (χ3v) is 5.12. The fraction of sp³-hybridized carbons (Fsp3) is 0.0435. The number of hydrogen-bond acceptors (Lipinski definition) is 5. The Labute approximate surface area is 171 Å². The average Bonchev–Trinajstić information content (AvgIpc) is 3.29. The van der Waals surface area contributed by atoms with E-state index < -0.39 is 0 Å². The van der Waals surface area contributed by atoms with Crippen LogP contribution in [0, 0.1) is 12.7 Å². The lowest BCUT2D eigenvalue weighted by Gasteiger charge is -2.14. The molecule has 0 saturated carbocycles. The van der Waals surface area contributed by atoms with Crippen molar-refractivity contribution in [3.8, 4) is 33.5 Å². The van der Waals surface area contributed by atoms with Crippen LogP contribution in [0.2, 0.25) is 0 Å². The van der Waals surface area contributed by atoms with Crippen molar-refractivity contribution in [3.05, 3.63) is 78.8 Å². The van der Waals surface area contributed by atoms with Gasteiger partial charge in [0.2, 0.25) is 0 Å². The first-order chi connectivity index (χ1) is 14.6. The number of nitrogens with two attached hydrogens (primary N) is 1. The van der Waals surface area contributed by atoms with Crippen molar-refractivity contribution in [1.29, 1.82) is 0 Å². The summed E-state index contributed by atoms with van der Waals surface area (Å²) in [4.78, 5) is 13.3. The van der Waals surface area contributed by atoms with E-state index in [1.807, 2.05) is 31.2 Å². The van der Waals surface area contributed by atoms with E-state index in [0.717, 1.165) is 44.4 Å². The summed E-state index contributed by atoms with van der Waals surface area (Å²) in [5, 5.41) is 7.79. The van der Waals surface area contributed by atoms with Crippen molar-refractivity contribution in [2.24, 2.45) is 0 Å². The highest BCUT2D eigenvalue weighted by atomic mass is 19.1. The quantitative estimate of drug-likeness (QED) is 0.458. The molecule has 5 aromatic rings. The fourth-order valence-corrected chi connectivity index (χ4v) is 3.56. The van der Waals surface area contributed by atoms with Gasteiger partial charge < -0.3 is 5.73 Å². The van der Waals surface area contributed by atoms with Crippen LogP contribution in [0.15, 0.2) is 67.3 Å². The number of nitrogen functional groups attached to an aromatic ring is 1. The number of nitrogens with one attached hydrogen (secondary N) is 1. The van der Waals surface area contributed by atoms with Gasteiger partial charge in [-0.15, -0.1) is 0 Å². The van der Waals surface area contributed by atoms with Gasteiger partial charge in [0.1, 0.15) is 18.0 Å². The number of H-pyrrole nitrogens is 1. The lowest BCUT2D eigenvalue weighted by molar-refractivity contribution is 0.628. The van der Waals surface area contributed by atoms with E-state index in [4.69, 9.17) is 10.7 Å². The molecule has 0 aliphatic rings. The van der Waals surface area contributed by atoms with Gasteiger partial charge in [-0.1, -0.05) is 6.07 Å². The third kappa shape index (κ3) is 3.06. The zero-order chi connectivity index (χ0) is 20.7. The Balaban J connectivity index is 1.79. The first-order valence-electron chi connectivity index (χ1n) is 9.37. The number of nitrogens with zero attached hydrogens (tertiary/aromatic N) is 4. The zero-order valence-electron chi connectivity index (χ0n) is 16.1. The number of aromatic nitrogens is 5. The van der Waals surface area contributed by atoms with Gasteiger partial charge in [0.15, 0.2) is 0 Å². The molecule has 0 bridgehead atoms. The van der Waals surface area contributed by atoms with Crippen LogP contribution in [0.4, 0.5) is 10.2 Å². The normalized spacial score (nSPS) is 11.1. The number of aryl methyl sites for hydroxylation is 1. The van der Waals surface area contributed by atoms with Gasteiger partial charge >= 0.3 is 0 Å². The number of anilines is 1. The highest BCUT2D eigenvalue weighted by molar-refractivity contribution is 5.92. The SMILES string of the molecule is Cc1ncnc2ccc(-c3cc(-c4cn[nH]c4)c(N)nc3-c3ccc(F)cc3)cc12. The number of hydrogen-bond donors (Lipinski definition) is 2. The van der Waals surface area contributed by atoms with Crippen LogP contribution in [0.3, 0.4) is 0 Å². The molecule has 3 aromatic heterocycles. The van der Waals surface area contributed by atoms with E-state index in [1.54, 1.807) is 30.9 Å². The number of rotatable bonds is 3. The number of halogens is 1. The highest BCUT2D eigenvalue weighted by Gasteiger charge is 2.16. The summed E-state index contributed by atoms with van der Waals surface area (Å²) in [7, 11) is 0. The summed E-state index contributed by atoms with van der Waals surface area (Å²) in [6.45, 7) is 1.95. The molecule has 0 amide bonds. The summed E-state index contributed by atoms with van der Waals surface area (Å²) in [6.07, 6.45) is 5.03. The maximum absolute atomic E-state index is 13.5. The Morgan fingerprint density at radius 3 is 2.47 bits per heavy atom. The van der Waals surface area contributed by atoms with Crippen LogP contribution in [-0.4, -0.2) is 25.1 Å². The molecule has 0 aliphatic carbocycles. The van der Waals surface area contributed by atoms with E-state index in [-0.39, 0.29) is 5.82 Å². The predicted molar refractivity (Wildman–Crippen MR) is 115 cm³/mol. The zero-order valence-corrected chi connectivity index (χ0v) is 16.1. The molecule has 146 valence electrons. The number of pyridine rings is 1. The largest absolute Gasteiger partial charge is 0.383 e. The molecular weight excluding hydrogens is 379 g/mol. The monoisotopic (exact) mass is 396 g/mol. The van der Waals surface area contributed by atoms with E-state index in [0.29, 0.717) is 11.5 Å². The van der Waals surface area contributed by atoms with E-state index >= 15 is 0 Å². The second kappa shape index (κ2) is 7.04. The minimum absolute atomic E-state index is 0.304. The van der Waals surface area contributed by atoms with Crippen LogP contribution in [-0.2, 0) is 0 Å². The van der Waals surface area contributed by atoms with E-state index in [9.17, 15) is 4.39 Å².